The molecule has 0 radical (unpaired) electrons. The lowest BCUT2D eigenvalue weighted by Crippen LogP contribution is -2.47. The molecule has 2 aliphatic heterocycles. The quantitative estimate of drug-likeness (QED) is 0.578. The second kappa shape index (κ2) is 2.72. The molecule has 3 nitrogen and oxygen atoms in total. The summed E-state index contributed by atoms with van der Waals surface area (Å²) in [6.07, 6.45) is 2.66. The van der Waals surface area contributed by atoms with Gasteiger partial charge in [-0.2, -0.15) is 0 Å². The number of rotatable bonds is 0. The summed E-state index contributed by atoms with van der Waals surface area (Å²) in [4.78, 5) is 0. The average Bonchev–Trinajstić information content (AvgIpc) is 2.92. The van der Waals surface area contributed by atoms with Gasteiger partial charge < -0.3 is 15.7 Å². The fourth-order valence-corrected chi connectivity index (χ4v) is 3.60. The Morgan fingerprint density at radius 1 is 1.31 bits per heavy atom. The van der Waals surface area contributed by atoms with Crippen molar-refractivity contribution < 1.29 is 5.11 Å². The van der Waals surface area contributed by atoms with Gasteiger partial charge in [0, 0.05) is 30.7 Å². The largest absolute Gasteiger partial charge is 0.508 e. The van der Waals surface area contributed by atoms with Gasteiger partial charge in [-0.3, -0.25) is 0 Å². The molecule has 2 fully saturated rings. The fraction of sp³-hybridized carbons (Fsp3) is 0.538. The molecule has 16 heavy (non-hydrogen) atoms. The van der Waals surface area contributed by atoms with Crippen LogP contribution in [0.5, 0.6) is 5.75 Å². The van der Waals surface area contributed by atoms with Crippen molar-refractivity contribution in [3.63, 3.8) is 0 Å². The second-order valence-corrected chi connectivity index (χ2v) is 5.49. The summed E-state index contributed by atoms with van der Waals surface area (Å²) in [6.45, 7) is 2.19. The number of benzene rings is 1. The maximum Gasteiger partial charge on any atom is 0.116 e. The smallest absolute Gasteiger partial charge is 0.116 e. The Morgan fingerprint density at radius 3 is 3.00 bits per heavy atom. The first-order valence-electron chi connectivity index (χ1n) is 6.09. The summed E-state index contributed by atoms with van der Waals surface area (Å²) in [6, 6.07) is 6.27. The molecule has 3 aliphatic rings. The second-order valence-electron chi connectivity index (χ2n) is 5.49. The van der Waals surface area contributed by atoms with E-state index in [0.717, 1.165) is 13.1 Å². The Balaban J connectivity index is 1.84. The molecule has 0 amide bonds. The topological polar surface area (TPSA) is 44.3 Å². The number of piperidine rings is 1. The van der Waals surface area contributed by atoms with Crippen LogP contribution in [-0.2, 0) is 0 Å². The van der Waals surface area contributed by atoms with Crippen molar-refractivity contribution in [1.29, 1.82) is 0 Å². The Morgan fingerprint density at radius 2 is 2.19 bits per heavy atom. The van der Waals surface area contributed by atoms with Crippen LogP contribution in [0.1, 0.15) is 24.3 Å². The normalized spacial score (nSPS) is 33.0. The number of phenols is 1. The Bertz CT molecular complexity index is 453. The maximum atomic E-state index is 9.63. The highest BCUT2D eigenvalue weighted by Gasteiger charge is 2.56. The van der Waals surface area contributed by atoms with Crippen molar-refractivity contribution in [2.24, 2.45) is 5.41 Å². The number of hydrogen-bond acceptors (Lipinski definition) is 3. The summed E-state index contributed by atoms with van der Waals surface area (Å²) in [7, 11) is 0. The van der Waals surface area contributed by atoms with Gasteiger partial charge in [0.15, 0.2) is 0 Å². The molecular weight excluding hydrogens is 200 g/mol. The highest BCUT2D eigenvalue weighted by molar-refractivity contribution is 5.63. The number of phenolic OH excluding ortho intramolecular Hbond substituents is 1. The van der Waals surface area contributed by atoms with E-state index in [9.17, 15) is 5.11 Å². The number of anilines is 1. The summed E-state index contributed by atoms with van der Waals surface area (Å²) < 4.78 is 0. The summed E-state index contributed by atoms with van der Waals surface area (Å²) in [5.74, 6) is 1.01. The minimum atomic E-state index is 0.399. The van der Waals surface area contributed by atoms with Crippen LogP contribution in [0.3, 0.4) is 0 Å². The molecule has 84 valence electrons. The van der Waals surface area contributed by atoms with Crippen LogP contribution in [0, 0.1) is 5.41 Å². The number of nitrogens with one attached hydrogen (secondary N) is 2. The molecule has 2 atom stereocenters. The standard InChI is InChI=1S/C13H16N2O/c16-8-1-2-10-9(5-8)12-11(15-10)6-14-7-13(12)3-4-13/h1-2,5,11-12,14-16H,3-4,6-7H2. The van der Waals surface area contributed by atoms with Crippen molar-refractivity contribution in [2.75, 3.05) is 18.4 Å². The SMILES string of the molecule is Oc1ccc2c(c1)C1C(CNCC13CC3)N2. The molecule has 1 saturated carbocycles. The van der Waals surface area contributed by atoms with Crippen LogP contribution in [-0.4, -0.2) is 24.2 Å². The molecule has 0 aromatic heterocycles. The van der Waals surface area contributed by atoms with E-state index in [2.05, 4.69) is 10.6 Å². The zero-order chi connectivity index (χ0) is 10.8. The summed E-state index contributed by atoms with van der Waals surface area (Å²) in [5.41, 5.74) is 3.04. The van der Waals surface area contributed by atoms with Crippen LogP contribution in [0.2, 0.25) is 0 Å². The van der Waals surface area contributed by atoms with Crippen molar-refractivity contribution in [2.45, 2.75) is 24.8 Å². The van der Waals surface area contributed by atoms with Crippen LogP contribution in [0.15, 0.2) is 18.2 Å². The van der Waals surface area contributed by atoms with E-state index < -0.39 is 0 Å². The molecule has 1 aromatic rings. The van der Waals surface area contributed by atoms with Gasteiger partial charge in [-0.1, -0.05) is 0 Å². The van der Waals surface area contributed by atoms with Crippen LogP contribution >= 0.6 is 0 Å². The predicted molar refractivity (Wildman–Crippen MR) is 62.8 cm³/mol. The molecule has 3 heteroatoms. The van der Waals surface area contributed by atoms with E-state index >= 15 is 0 Å². The maximum absolute atomic E-state index is 9.63. The average molecular weight is 216 g/mol. The van der Waals surface area contributed by atoms with Gasteiger partial charge in [0.1, 0.15) is 5.75 Å². The molecular formula is C13H16N2O. The van der Waals surface area contributed by atoms with Crippen LogP contribution < -0.4 is 10.6 Å². The molecule has 2 unspecified atom stereocenters. The first kappa shape index (κ1) is 8.88. The monoisotopic (exact) mass is 216 g/mol. The number of aromatic hydroxyl groups is 1. The minimum absolute atomic E-state index is 0.399. The molecule has 1 spiro atoms. The molecule has 4 rings (SSSR count). The zero-order valence-corrected chi connectivity index (χ0v) is 9.16. The lowest BCUT2D eigenvalue weighted by molar-refractivity contribution is 0.293. The Hall–Kier alpha value is -1.22. The van der Waals surface area contributed by atoms with Gasteiger partial charge in [0.05, 0.1) is 0 Å². The van der Waals surface area contributed by atoms with E-state index in [1.54, 1.807) is 6.07 Å². The number of hydrogen-bond donors (Lipinski definition) is 3. The third kappa shape index (κ3) is 1.02. The van der Waals surface area contributed by atoms with Gasteiger partial charge in [0.25, 0.3) is 0 Å². The highest BCUT2D eigenvalue weighted by Crippen LogP contribution is 2.61. The van der Waals surface area contributed by atoms with Gasteiger partial charge in [-0.15, -0.1) is 0 Å². The number of fused-ring (bicyclic) bond motifs is 4. The highest BCUT2D eigenvalue weighted by atomic mass is 16.3. The van der Waals surface area contributed by atoms with Crippen LogP contribution in [0.4, 0.5) is 5.69 Å². The molecule has 2 heterocycles. The van der Waals surface area contributed by atoms with E-state index in [1.807, 2.05) is 12.1 Å². The Kier molecular flexibility index (Phi) is 1.51. The van der Waals surface area contributed by atoms with E-state index in [1.165, 1.54) is 24.1 Å². The first-order valence-corrected chi connectivity index (χ1v) is 6.09. The van der Waals surface area contributed by atoms with Gasteiger partial charge in [-0.25, -0.2) is 0 Å². The van der Waals surface area contributed by atoms with Crippen molar-refractivity contribution in [3.8, 4) is 5.75 Å². The third-order valence-electron chi connectivity index (χ3n) is 4.51. The fourth-order valence-electron chi connectivity index (χ4n) is 3.60. The molecule has 1 aromatic carbocycles. The zero-order valence-electron chi connectivity index (χ0n) is 9.16. The predicted octanol–water partition coefficient (Wildman–Crippen LogP) is 1.65. The van der Waals surface area contributed by atoms with Gasteiger partial charge >= 0.3 is 0 Å². The molecule has 3 N–H and O–H groups in total. The summed E-state index contributed by atoms with van der Waals surface area (Å²) in [5, 5.41) is 16.8. The molecule has 1 aliphatic carbocycles. The van der Waals surface area contributed by atoms with Gasteiger partial charge in [-0.05, 0) is 42.0 Å². The van der Waals surface area contributed by atoms with Crippen molar-refractivity contribution in [1.82, 2.24) is 5.32 Å². The molecule has 0 bridgehead atoms. The lowest BCUT2D eigenvalue weighted by atomic mass is 9.77. The van der Waals surface area contributed by atoms with Crippen molar-refractivity contribution in [3.05, 3.63) is 23.8 Å². The third-order valence-corrected chi connectivity index (χ3v) is 4.51. The van der Waals surface area contributed by atoms with Crippen molar-refractivity contribution >= 4 is 5.69 Å². The summed E-state index contributed by atoms with van der Waals surface area (Å²) >= 11 is 0. The van der Waals surface area contributed by atoms with E-state index in [4.69, 9.17) is 0 Å². The lowest BCUT2D eigenvalue weighted by Gasteiger charge is -2.35. The van der Waals surface area contributed by atoms with E-state index in [0.29, 0.717) is 23.1 Å². The van der Waals surface area contributed by atoms with Gasteiger partial charge in [0.2, 0.25) is 0 Å². The first-order chi connectivity index (χ1) is 7.78. The molecule has 1 saturated heterocycles. The Labute approximate surface area is 94.9 Å². The minimum Gasteiger partial charge on any atom is -0.508 e. The van der Waals surface area contributed by atoms with Crippen LogP contribution in [0.25, 0.3) is 0 Å². The van der Waals surface area contributed by atoms with E-state index in [-0.39, 0.29) is 0 Å².